The number of rotatable bonds is 3. The molecule has 0 fully saturated rings. The number of carbonyl (C=O) groups excluding carboxylic acids is 1. The second-order valence-electron chi connectivity index (χ2n) is 2.75. The minimum absolute atomic E-state index is 0.0241. The topological polar surface area (TPSA) is 72.6 Å². The number of nitro benzene ring substituents is 1. The molecule has 0 spiro atoms. The molecule has 0 saturated heterocycles. The molecule has 0 amide bonds. The van der Waals surface area contributed by atoms with Gasteiger partial charge in [0.1, 0.15) is 0 Å². The number of aliphatic imine (C=N–C) groups is 1. The van der Waals surface area contributed by atoms with Crippen LogP contribution >= 0.6 is 0 Å². The summed E-state index contributed by atoms with van der Waals surface area (Å²) < 4.78 is 0. The predicted octanol–water partition coefficient (Wildman–Crippen LogP) is 1.99. The van der Waals surface area contributed by atoms with Crippen molar-refractivity contribution < 1.29 is 9.72 Å². The summed E-state index contributed by atoms with van der Waals surface area (Å²) in [6.07, 6.45) is 1.44. The van der Waals surface area contributed by atoms with E-state index in [2.05, 4.69) is 4.99 Å². The lowest BCUT2D eigenvalue weighted by Gasteiger charge is -2.02. The van der Waals surface area contributed by atoms with E-state index in [0.717, 1.165) is 5.56 Å². The molecule has 1 aromatic carbocycles. The molecule has 0 aliphatic carbocycles. The molecular weight excluding hydrogens is 184 g/mol. The van der Waals surface area contributed by atoms with Crippen LogP contribution in [-0.2, 0) is 4.79 Å². The van der Waals surface area contributed by atoms with Gasteiger partial charge < -0.3 is 0 Å². The maximum absolute atomic E-state index is 10.3. The Hall–Kier alpha value is -2.00. The number of non-ortho nitro benzene ring substituents is 1. The largest absolute Gasteiger partial charge is 0.269 e. The van der Waals surface area contributed by atoms with Gasteiger partial charge in [-0.2, -0.15) is 4.99 Å². The Morgan fingerprint density at radius 1 is 1.43 bits per heavy atom. The third kappa shape index (κ3) is 2.24. The van der Waals surface area contributed by atoms with Gasteiger partial charge in [-0.25, -0.2) is 4.79 Å². The Morgan fingerprint density at radius 2 is 2.00 bits per heavy atom. The van der Waals surface area contributed by atoms with E-state index in [4.69, 9.17) is 0 Å². The summed E-state index contributed by atoms with van der Waals surface area (Å²) in [5.41, 5.74) is 0.773. The highest BCUT2D eigenvalue weighted by Crippen LogP contribution is 2.19. The Morgan fingerprint density at radius 3 is 2.43 bits per heavy atom. The van der Waals surface area contributed by atoms with Crippen molar-refractivity contribution in [2.45, 2.75) is 13.0 Å². The third-order valence-corrected chi connectivity index (χ3v) is 1.83. The molecule has 0 aliphatic rings. The number of nitro groups is 1. The Kier molecular flexibility index (Phi) is 3.09. The minimum atomic E-state index is -0.475. The fourth-order valence-corrected chi connectivity index (χ4v) is 1.03. The van der Waals surface area contributed by atoms with Gasteiger partial charge in [0, 0.05) is 12.1 Å². The normalized spacial score (nSPS) is 11.5. The van der Waals surface area contributed by atoms with Crippen LogP contribution in [-0.4, -0.2) is 11.0 Å². The Balaban J connectivity index is 2.93. The van der Waals surface area contributed by atoms with Crippen LogP contribution in [0.5, 0.6) is 0 Å². The van der Waals surface area contributed by atoms with Crippen molar-refractivity contribution in [1.82, 2.24) is 0 Å². The van der Waals surface area contributed by atoms with Crippen molar-refractivity contribution in [1.29, 1.82) is 0 Å². The SMILES string of the molecule is CC(N=C=O)c1ccc([N+](=O)[O-])cc1. The number of isocyanates is 1. The van der Waals surface area contributed by atoms with Gasteiger partial charge in [0.2, 0.25) is 6.08 Å². The molecule has 1 aromatic rings. The highest BCUT2D eigenvalue weighted by Gasteiger charge is 2.07. The van der Waals surface area contributed by atoms with Gasteiger partial charge in [-0.3, -0.25) is 10.1 Å². The lowest BCUT2D eigenvalue weighted by Crippen LogP contribution is -1.91. The fourth-order valence-electron chi connectivity index (χ4n) is 1.03. The molecule has 0 bridgehead atoms. The summed E-state index contributed by atoms with van der Waals surface area (Å²) in [6.45, 7) is 1.71. The number of benzene rings is 1. The first kappa shape index (κ1) is 10.1. The summed E-state index contributed by atoms with van der Waals surface area (Å²) in [5.74, 6) is 0. The molecule has 0 radical (unpaired) electrons. The van der Waals surface area contributed by atoms with Crippen LogP contribution in [0.1, 0.15) is 18.5 Å². The second kappa shape index (κ2) is 4.30. The summed E-state index contributed by atoms with van der Waals surface area (Å²) in [5, 5.41) is 10.3. The van der Waals surface area contributed by atoms with E-state index >= 15 is 0 Å². The van der Waals surface area contributed by atoms with E-state index < -0.39 is 4.92 Å². The van der Waals surface area contributed by atoms with Gasteiger partial charge in [0.15, 0.2) is 0 Å². The first-order chi connectivity index (χ1) is 6.65. The van der Waals surface area contributed by atoms with E-state index in [-0.39, 0.29) is 11.7 Å². The average molecular weight is 192 g/mol. The van der Waals surface area contributed by atoms with Crippen molar-refractivity contribution in [3.8, 4) is 0 Å². The van der Waals surface area contributed by atoms with Gasteiger partial charge >= 0.3 is 0 Å². The van der Waals surface area contributed by atoms with E-state index in [1.54, 1.807) is 19.1 Å². The van der Waals surface area contributed by atoms with Crippen molar-refractivity contribution in [2.75, 3.05) is 0 Å². The van der Waals surface area contributed by atoms with Gasteiger partial charge in [-0.05, 0) is 12.5 Å². The smallest absolute Gasteiger partial charge is 0.258 e. The summed E-state index contributed by atoms with van der Waals surface area (Å²) >= 11 is 0. The monoisotopic (exact) mass is 192 g/mol. The number of hydrogen-bond acceptors (Lipinski definition) is 4. The molecule has 1 unspecified atom stereocenters. The highest BCUT2D eigenvalue weighted by molar-refractivity contribution is 5.38. The molecule has 0 N–H and O–H groups in total. The molecule has 5 heteroatoms. The standard InChI is InChI=1S/C9H8N2O3/c1-7(10-6-12)8-2-4-9(5-3-8)11(13)14/h2-5,7H,1H3. The van der Waals surface area contributed by atoms with E-state index in [0.29, 0.717) is 0 Å². The molecule has 0 aliphatic heterocycles. The maximum atomic E-state index is 10.3. The summed E-state index contributed by atoms with van der Waals surface area (Å²) in [4.78, 5) is 23.3. The van der Waals surface area contributed by atoms with Crippen LogP contribution in [0.2, 0.25) is 0 Å². The highest BCUT2D eigenvalue weighted by atomic mass is 16.6. The average Bonchev–Trinajstić information content (AvgIpc) is 2.18. The number of nitrogens with zero attached hydrogens (tertiary/aromatic N) is 2. The van der Waals surface area contributed by atoms with E-state index in [1.807, 2.05) is 0 Å². The van der Waals surface area contributed by atoms with Gasteiger partial charge in [-0.1, -0.05) is 12.1 Å². The van der Waals surface area contributed by atoms with E-state index in [9.17, 15) is 14.9 Å². The van der Waals surface area contributed by atoms with Crippen LogP contribution < -0.4 is 0 Å². The molecule has 1 atom stereocenters. The molecule has 0 aromatic heterocycles. The number of hydrogen-bond donors (Lipinski definition) is 0. The van der Waals surface area contributed by atoms with Gasteiger partial charge in [0.25, 0.3) is 5.69 Å². The lowest BCUT2D eigenvalue weighted by atomic mass is 10.1. The molecule has 5 nitrogen and oxygen atoms in total. The van der Waals surface area contributed by atoms with Crippen LogP contribution in [0.25, 0.3) is 0 Å². The molecule has 0 saturated carbocycles. The minimum Gasteiger partial charge on any atom is -0.258 e. The Bertz CT molecular complexity index is 380. The van der Waals surface area contributed by atoms with E-state index in [1.165, 1.54) is 18.2 Å². The van der Waals surface area contributed by atoms with Crippen LogP contribution in [0.15, 0.2) is 29.3 Å². The molecule has 14 heavy (non-hydrogen) atoms. The third-order valence-electron chi connectivity index (χ3n) is 1.83. The zero-order valence-electron chi connectivity index (χ0n) is 7.51. The maximum Gasteiger partial charge on any atom is 0.269 e. The summed E-state index contributed by atoms with van der Waals surface area (Å²) in [6, 6.07) is 5.60. The Labute approximate surface area is 80.2 Å². The van der Waals surface area contributed by atoms with Crippen LogP contribution in [0.3, 0.4) is 0 Å². The quantitative estimate of drug-likeness (QED) is 0.318. The molecule has 1 rings (SSSR count). The van der Waals surface area contributed by atoms with Crippen molar-refractivity contribution in [3.63, 3.8) is 0 Å². The zero-order valence-corrected chi connectivity index (χ0v) is 7.51. The molecule has 72 valence electrons. The first-order valence-electron chi connectivity index (χ1n) is 3.96. The van der Waals surface area contributed by atoms with Crippen molar-refractivity contribution >= 4 is 11.8 Å². The predicted molar refractivity (Wildman–Crippen MR) is 49.6 cm³/mol. The molecule has 0 heterocycles. The van der Waals surface area contributed by atoms with Crippen molar-refractivity contribution in [2.24, 2.45) is 4.99 Å². The zero-order chi connectivity index (χ0) is 10.6. The van der Waals surface area contributed by atoms with Crippen LogP contribution in [0.4, 0.5) is 5.69 Å². The molecular formula is C9H8N2O3. The van der Waals surface area contributed by atoms with Gasteiger partial charge in [-0.15, -0.1) is 0 Å². The summed E-state index contributed by atoms with van der Waals surface area (Å²) in [7, 11) is 0. The van der Waals surface area contributed by atoms with Gasteiger partial charge in [0.05, 0.1) is 11.0 Å². The fraction of sp³-hybridized carbons (Fsp3) is 0.222. The van der Waals surface area contributed by atoms with Crippen molar-refractivity contribution in [3.05, 3.63) is 39.9 Å². The second-order valence-corrected chi connectivity index (χ2v) is 2.75. The van der Waals surface area contributed by atoms with Crippen LogP contribution in [0, 0.1) is 10.1 Å². The lowest BCUT2D eigenvalue weighted by molar-refractivity contribution is -0.384. The first-order valence-corrected chi connectivity index (χ1v) is 3.96.